The Bertz CT molecular complexity index is 455. The number of rotatable bonds is 14. The van der Waals surface area contributed by atoms with E-state index in [1.807, 2.05) is 0 Å². The maximum absolute atomic E-state index is 11.7. The van der Waals surface area contributed by atoms with Crippen LogP contribution in [0.1, 0.15) is 26.2 Å². The first kappa shape index (κ1) is 22.8. The number of nitrogens with one attached hydrogen (secondary N) is 1. The van der Waals surface area contributed by atoms with Crippen molar-refractivity contribution in [3.05, 3.63) is 0 Å². The predicted molar refractivity (Wildman–Crippen MR) is 86.0 cm³/mol. The molecular weight excluding hydrogens is 336 g/mol. The summed E-state index contributed by atoms with van der Waals surface area (Å²) in [6, 6.07) is -0.943. The average Bonchev–Trinajstić information content (AvgIpc) is 2.56. The van der Waals surface area contributed by atoms with Gasteiger partial charge in [-0.25, -0.2) is 4.79 Å². The molecule has 0 fully saturated rings. The van der Waals surface area contributed by atoms with Crippen molar-refractivity contribution in [3.8, 4) is 0 Å². The van der Waals surface area contributed by atoms with Crippen LogP contribution in [0, 0.1) is 0 Å². The van der Waals surface area contributed by atoms with Crippen molar-refractivity contribution in [2.45, 2.75) is 32.2 Å². The molecule has 1 unspecified atom stereocenters. The zero-order valence-electron chi connectivity index (χ0n) is 14.5. The fraction of sp³-hybridized carbons (Fsp3) is 0.733. The second kappa shape index (κ2) is 13.1. The van der Waals surface area contributed by atoms with E-state index in [4.69, 9.17) is 19.7 Å². The Morgan fingerprint density at radius 1 is 0.960 bits per heavy atom. The van der Waals surface area contributed by atoms with Crippen molar-refractivity contribution in [1.82, 2.24) is 10.2 Å². The number of hydrogen-bond donors (Lipinski definition) is 3. The fourth-order valence-electron chi connectivity index (χ4n) is 1.61. The monoisotopic (exact) mass is 362 g/mol. The van der Waals surface area contributed by atoms with E-state index >= 15 is 0 Å². The Hall–Kier alpha value is -2.20. The molecule has 0 aromatic rings. The molecule has 0 aliphatic heterocycles. The van der Waals surface area contributed by atoms with Gasteiger partial charge in [-0.1, -0.05) is 0 Å². The normalized spacial score (nSPS) is 11.6. The summed E-state index contributed by atoms with van der Waals surface area (Å²) >= 11 is 0. The summed E-state index contributed by atoms with van der Waals surface area (Å²) in [5, 5.41) is 19.8. The van der Waals surface area contributed by atoms with Gasteiger partial charge in [0.25, 0.3) is 0 Å². The average molecular weight is 362 g/mol. The largest absolute Gasteiger partial charge is 0.481 e. The minimum atomic E-state index is -1.11. The molecule has 0 aromatic heterocycles. The summed E-state index contributed by atoms with van der Waals surface area (Å²) in [7, 11) is 1.38. The molecule has 0 spiro atoms. The first-order valence-corrected chi connectivity index (χ1v) is 7.88. The number of carbonyl (C=O) groups is 4. The lowest BCUT2D eigenvalue weighted by atomic mass is 10.2. The van der Waals surface area contributed by atoms with Crippen LogP contribution in [0.4, 0.5) is 0 Å². The van der Waals surface area contributed by atoms with E-state index < -0.39 is 23.9 Å². The predicted octanol–water partition coefficient (Wildman–Crippen LogP) is -0.678. The van der Waals surface area contributed by atoms with Crippen LogP contribution in [-0.2, 0) is 28.7 Å². The molecule has 0 saturated heterocycles. The highest BCUT2D eigenvalue weighted by Gasteiger charge is 2.21. The Morgan fingerprint density at radius 3 is 2.12 bits per heavy atom. The number of aliphatic carboxylic acids is 2. The summed E-state index contributed by atoms with van der Waals surface area (Å²) in [5.74, 6) is -2.78. The van der Waals surface area contributed by atoms with Crippen molar-refractivity contribution in [3.63, 3.8) is 0 Å². The molecule has 25 heavy (non-hydrogen) atoms. The Labute approximate surface area is 146 Å². The van der Waals surface area contributed by atoms with Crippen LogP contribution in [0.25, 0.3) is 0 Å². The van der Waals surface area contributed by atoms with Crippen LogP contribution in [-0.4, -0.2) is 84.9 Å². The topological polar surface area (TPSA) is 142 Å². The lowest BCUT2D eigenvalue weighted by Gasteiger charge is -2.21. The van der Waals surface area contributed by atoms with Gasteiger partial charge in [-0.2, -0.15) is 0 Å². The molecule has 0 bridgehead atoms. The quantitative estimate of drug-likeness (QED) is 0.345. The third-order valence-electron chi connectivity index (χ3n) is 3.30. The highest BCUT2D eigenvalue weighted by Crippen LogP contribution is 2.01. The summed E-state index contributed by atoms with van der Waals surface area (Å²) < 4.78 is 10.2. The van der Waals surface area contributed by atoms with Gasteiger partial charge >= 0.3 is 11.9 Å². The van der Waals surface area contributed by atoms with Crippen LogP contribution in [0.15, 0.2) is 0 Å². The molecule has 0 aliphatic carbocycles. The smallest absolute Gasteiger partial charge is 0.326 e. The van der Waals surface area contributed by atoms with Crippen molar-refractivity contribution < 1.29 is 38.9 Å². The number of ether oxygens (including phenoxy) is 2. The van der Waals surface area contributed by atoms with Gasteiger partial charge in [-0.3, -0.25) is 14.4 Å². The molecule has 10 heteroatoms. The Morgan fingerprint density at radius 2 is 1.56 bits per heavy atom. The van der Waals surface area contributed by atoms with E-state index in [0.717, 1.165) is 4.90 Å². The lowest BCUT2D eigenvalue weighted by molar-refractivity contribution is -0.148. The van der Waals surface area contributed by atoms with E-state index in [0.29, 0.717) is 0 Å². The highest BCUT2D eigenvalue weighted by molar-refractivity contribution is 5.86. The first-order chi connectivity index (χ1) is 11.8. The van der Waals surface area contributed by atoms with E-state index in [-0.39, 0.29) is 58.1 Å². The Balaban J connectivity index is 3.63. The van der Waals surface area contributed by atoms with Crippen LogP contribution < -0.4 is 5.32 Å². The minimum absolute atomic E-state index is 0.0339. The molecule has 0 aliphatic rings. The number of likely N-dealkylation sites (N-methyl/N-ethyl adjacent to an activating group) is 1. The van der Waals surface area contributed by atoms with Crippen LogP contribution in [0.3, 0.4) is 0 Å². The molecule has 0 rings (SSSR count). The summed E-state index contributed by atoms with van der Waals surface area (Å²) in [6.45, 7) is 2.60. The van der Waals surface area contributed by atoms with Crippen molar-refractivity contribution >= 4 is 23.8 Å². The first-order valence-electron chi connectivity index (χ1n) is 7.88. The van der Waals surface area contributed by atoms with Crippen LogP contribution in [0.5, 0.6) is 0 Å². The van der Waals surface area contributed by atoms with Crippen LogP contribution >= 0.6 is 0 Å². The third kappa shape index (κ3) is 11.9. The van der Waals surface area contributed by atoms with Crippen molar-refractivity contribution in [2.75, 3.05) is 40.0 Å². The van der Waals surface area contributed by atoms with Crippen molar-refractivity contribution in [1.29, 1.82) is 0 Å². The third-order valence-corrected chi connectivity index (χ3v) is 3.30. The molecule has 0 radical (unpaired) electrons. The summed E-state index contributed by atoms with van der Waals surface area (Å²) in [6.07, 6.45) is -0.165. The van der Waals surface area contributed by atoms with Gasteiger partial charge in [0.05, 0.1) is 32.8 Å². The molecule has 3 N–H and O–H groups in total. The van der Waals surface area contributed by atoms with E-state index in [2.05, 4.69) is 5.32 Å². The SMILES string of the molecule is CC(C(=O)O)N(C)C(=O)CCC(=O)NCCOCCOCCC(=O)O. The molecule has 0 heterocycles. The Kier molecular flexibility index (Phi) is 12.0. The van der Waals surface area contributed by atoms with Gasteiger partial charge in [0.15, 0.2) is 0 Å². The zero-order chi connectivity index (χ0) is 19.2. The van der Waals surface area contributed by atoms with Gasteiger partial charge in [-0.15, -0.1) is 0 Å². The molecule has 144 valence electrons. The van der Waals surface area contributed by atoms with Gasteiger partial charge in [-0.05, 0) is 6.92 Å². The minimum Gasteiger partial charge on any atom is -0.481 e. The molecule has 1 atom stereocenters. The highest BCUT2D eigenvalue weighted by atomic mass is 16.5. The van der Waals surface area contributed by atoms with Gasteiger partial charge in [0, 0.05) is 26.4 Å². The number of nitrogens with zero attached hydrogens (tertiary/aromatic N) is 1. The number of hydrogen-bond acceptors (Lipinski definition) is 6. The standard InChI is InChI=1S/C15H26N2O8/c1-11(15(22)23)17(2)13(19)4-3-12(18)16-6-8-25-10-9-24-7-5-14(20)21/h11H,3-10H2,1-2H3,(H,16,18)(H,20,21)(H,22,23). The molecule has 0 saturated carbocycles. The second-order valence-electron chi connectivity index (χ2n) is 5.24. The van der Waals surface area contributed by atoms with E-state index in [1.165, 1.54) is 14.0 Å². The van der Waals surface area contributed by atoms with Crippen molar-refractivity contribution in [2.24, 2.45) is 0 Å². The van der Waals surface area contributed by atoms with Gasteiger partial charge in [0.1, 0.15) is 6.04 Å². The number of carboxylic acids is 2. The summed E-state index contributed by atoms with van der Waals surface area (Å²) in [5.41, 5.74) is 0. The lowest BCUT2D eigenvalue weighted by Crippen LogP contribution is -2.40. The summed E-state index contributed by atoms with van der Waals surface area (Å²) in [4.78, 5) is 45.4. The molecule has 2 amide bonds. The second-order valence-corrected chi connectivity index (χ2v) is 5.24. The maximum atomic E-state index is 11.7. The maximum Gasteiger partial charge on any atom is 0.326 e. The fourth-order valence-corrected chi connectivity index (χ4v) is 1.61. The molecular formula is C15H26N2O8. The number of amides is 2. The van der Waals surface area contributed by atoms with E-state index in [9.17, 15) is 19.2 Å². The number of carboxylic acid groups (broad SMARTS) is 2. The van der Waals surface area contributed by atoms with E-state index in [1.54, 1.807) is 0 Å². The molecule has 0 aromatic carbocycles. The van der Waals surface area contributed by atoms with Gasteiger partial charge < -0.3 is 29.9 Å². The van der Waals surface area contributed by atoms with Crippen LogP contribution in [0.2, 0.25) is 0 Å². The van der Waals surface area contributed by atoms with Gasteiger partial charge in [0.2, 0.25) is 11.8 Å². The molecule has 10 nitrogen and oxygen atoms in total. The number of carbonyl (C=O) groups excluding carboxylic acids is 2. The zero-order valence-corrected chi connectivity index (χ0v) is 14.5.